The van der Waals surface area contributed by atoms with Crippen molar-refractivity contribution in [2.75, 3.05) is 6.54 Å². The van der Waals surface area contributed by atoms with Gasteiger partial charge in [0.15, 0.2) is 0 Å². The molecule has 0 fully saturated rings. The molecular formula is C11H18BrN3O2. The van der Waals surface area contributed by atoms with Crippen LogP contribution >= 0.6 is 15.9 Å². The lowest BCUT2D eigenvalue weighted by molar-refractivity contribution is 0.147. The summed E-state index contributed by atoms with van der Waals surface area (Å²) in [5.41, 5.74) is 0.488. The average Bonchev–Trinajstić information content (AvgIpc) is 2.27. The van der Waals surface area contributed by atoms with Gasteiger partial charge in [0.1, 0.15) is 4.47 Å². The molecule has 1 unspecified atom stereocenters. The second-order valence-electron chi connectivity index (χ2n) is 4.32. The number of aromatic nitrogens is 2. The highest BCUT2D eigenvalue weighted by atomic mass is 79.9. The van der Waals surface area contributed by atoms with Crippen molar-refractivity contribution in [1.29, 1.82) is 0 Å². The van der Waals surface area contributed by atoms with Gasteiger partial charge in [-0.1, -0.05) is 13.8 Å². The van der Waals surface area contributed by atoms with Gasteiger partial charge in [0.25, 0.3) is 5.56 Å². The topological polar surface area (TPSA) is 67.2 Å². The van der Waals surface area contributed by atoms with Gasteiger partial charge in [0.05, 0.1) is 24.7 Å². The molecule has 6 heteroatoms. The van der Waals surface area contributed by atoms with E-state index in [4.69, 9.17) is 0 Å². The van der Waals surface area contributed by atoms with Crippen molar-refractivity contribution in [1.82, 2.24) is 14.9 Å². The fourth-order valence-corrected chi connectivity index (χ4v) is 1.67. The maximum atomic E-state index is 11.8. The number of rotatable bonds is 5. The third-order valence-electron chi connectivity index (χ3n) is 2.33. The predicted octanol–water partition coefficient (Wildman–Crippen LogP) is 0.673. The smallest absolute Gasteiger partial charge is 0.267 e. The first-order valence-electron chi connectivity index (χ1n) is 5.54. The minimum atomic E-state index is -0.605. The quantitative estimate of drug-likeness (QED) is 0.839. The van der Waals surface area contributed by atoms with E-state index in [2.05, 4.69) is 26.2 Å². The Morgan fingerprint density at radius 1 is 1.59 bits per heavy atom. The summed E-state index contributed by atoms with van der Waals surface area (Å²) in [6.45, 7) is 6.46. The van der Waals surface area contributed by atoms with Crippen molar-refractivity contribution < 1.29 is 5.11 Å². The van der Waals surface area contributed by atoms with Crippen molar-refractivity contribution >= 4 is 15.9 Å². The van der Waals surface area contributed by atoms with E-state index in [1.807, 2.05) is 13.8 Å². The standard InChI is InChI=1S/C11H18BrN3O2/c1-7(2)13-4-9(16)5-15-6-14-8(3)10(12)11(15)17/h6-7,9,13,16H,4-5H2,1-3H3. The normalized spacial score (nSPS) is 13.1. The number of aryl methyl sites for hydroxylation is 1. The van der Waals surface area contributed by atoms with Gasteiger partial charge < -0.3 is 10.4 Å². The molecule has 17 heavy (non-hydrogen) atoms. The largest absolute Gasteiger partial charge is 0.390 e. The SMILES string of the molecule is Cc1ncn(CC(O)CNC(C)C)c(=O)c1Br. The van der Waals surface area contributed by atoms with Crippen LogP contribution in [0.2, 0.25) is 0 Å². The van der Waals surface area contributed by atoms with Crippen molar-refractivity contribution in [3.63, 3.8) is 0 Å². The minimum Gasteiger partial charge on any atom is -0.390 e. The number of nitrogens with one attached hydrogen (secondary N) is 1. The van der Waals surface area contributed by atoms with E-state index in [0.717, 1.165) is 0 Å². The lowest BCUT2D eigenvalue weighted by atomic mass is 10.3. The highest BCUT2D eigenvalue weighted by Crippen LogP contribution is 2.06. The molecular weight excluding hydrogens is 286 g/mol. The Labute approximate surface area is 109 Å². The van der Waals surface area contributed by atoms with Crippen LogP contribution in [0.3, 0.4) is 0 Å². The Hall–Kier alpha value is -0.720. The van der Waals surface area contributed by atoms with Gasteiger partial charge in [-0.2, -0.15) is 0 Å². The summed E-state index contributed by atoms with van der Waals surface area (Å²) in [6, 6.07) is 0.309. The Morgan fingerprint density at radius 2 is 2.24 bits per heavy atom. The first-order valence-corrected chi connectivity index (χ1v) is 6.34. The fraction of sp³-hybridized carbons (Fsp3) is 0.636. The van der Waals surface area contributed by atoms with Crippen molar-refractivity contribution in [2.24, 2.45) is 0 Å². The lowest BCUT2D eigenvalue weighted by Crippen LogP contribution is -2.36. The second-order valence-corrected chi connectivity index (χ2v) is 5.11. The van der Waals surface area contributed by atoms with Crippen molar-refractivity contribution in [3.8, 4) is 0 Å². The zero-order chi connectivity index (χ0) is 13.0. The summed E-state index contributed by atoms with van der Waals surface area (Å²) in [5, 5.41) is 12.9. The third kappa shape index (κ3) is 4.22. The van der Waals surface area contributed by atoms with E-state index >= 15 is 0 Å². The van der Waals surface area contributed by atoms with Gasteiger partial charge in [0, 0.05) is 12.6 Å². The number of hydrogen-bond donors (Lipinski definition) is 2. The van der Waals surface area contributed by atoms with Gasteiger partial charge in [-0.3, -0.25) is 9.36 Å². The number of hydrogen-bond acceptors (Lipinski definition) is 4. The van der Waals surface area contributed by atoms with Crippen LogP contribution in [0.15, 0.2) is 15.6 Å². The Bertz CT molecular complexity index is 431. The van der Waals surface area contributed by atoms with Crippen LogP contribution in [0.1, 0.15) is 19.5 Å². The zero-order valence-electron chi connectivity index (χ0n) is 10.3. The van der Waals surface area contributed by atoms with E-state index in [1.54, 1.807) is 6.92 Å². The molecule has 0 saturated heterocycles. The Kier molecular flexibility index (Phi) is 5.30. The molecule has 0 aromatic carbocycles. The molecule has 2 N–H and O–H groups in total. The molecule has 1 aromatic heterocycles. The van der Waals surface area contributed by atoms with Crippen molar-refractivity contribution in [3.05, 3.63) is 26.8 Å². The summed E-state index contributed by atoms with van der Waals surface area (Å²) < 4.78 is 1.85. The van der Waals surface area contributed by atoms with E-state index in [0.29, 0.717) is 22.8 Å². The van der Waals surface area contributed by atoms with Gasteiger partial charge in [0.2, 0.25) is 0 Å². The van der Waals surface area contributed by atoms with Gasteiger partial charge in [-0.05, 0) is 22.9 Å². The van der Waals surface area contributed by atoms with E-state index < -0.39 is 6.10 Å². The van der Waals surface area contributed by atoms with E-state index in [1.165, 1.54) is 10.9 Å². The molecule has 0 aliphatic heterocycles. The summed E-state index contributed by atoms with van der Waals surface area (Å²) >= 11 is 3.19. The van der Waals surface area contributed by atoms with Crippen LogP contribution in [0.5, 0.6) is 0 Å². The molecule has 96 valence electrons. The van der Waals surface area contributed by atoms with Crippen LogP contribution < -0.4 is 10.9 Å². The number of nitrogens with zero attached hydrogens (tertiary/aromatic N) is 2. The molecule has 0 aliphatic carbocycles. The van der Waals surface area contributed by atoms with Gasteiger partial charge >= 0.3 is 0 Å². The van der Waals surface area contributed by atoms with Crippen LogP contribution in [0.25, 0.3) is 0 Å². The maximum absolute atomic E-state index is 11.8. The number of halogens is 1. The molecule has 0 saturated carbocycles. The van der Waals surface area contributed by atoms with Crippen molar-refractivity contribution in [2.45, 2.75) is 39.5 Å². The molecule has 0 radical (unpaired) electrons. The molecule has 0 aliphatic rings. The molecule has 1 rings (SSSR count). The first kappa shape index (κ1) is 14.3. The monoisotopic (exact) mass is 303 g/mol. The molecule has 1 aromatic rings. The third-order valence-corrected chi connectivity index (χ3v) is 3.24. The second kappa shape index (κ2) is 6.28. The van der Waals surface area contributed by atoms with Gasteiger partial charge in [-0.25, -0.2) is 4.98 Å². The summed E-state index contributed by atoms with van der Waals surface area (Å²) in [6.07, 6.45) is 0.854. The predicted molar refractivity (Wildman–Crippen MR) is 70.1 cm³/mol. The van der Waals surface area contributed by atoms with Crippen LogP contribution in [-0.2, 0) is 6.54 Å². The molecule has 1 heterocycles. The molecule has 5 nitrogen and oxygen atoms in total. The number of aliphatic hydroxyl groups excluding tert-OH is 1. The van der Waals surface area contributed by atoms with Gasteiger partial charge in [-0.15, -0.1) is 0 Å². The maximum Gasteiger partial charge on any atom is 0.267 e. The summed E-state index contributed by atoms with van der Waals surface area (Å²) in [4.78, 5) is 15.9. The van der Waals surface area contributed by atoms with E-state index in [-0.39, 0.29) is 12.1 Å². The average molecular weight is 304 g/mol. The van der Waals surface area contributed by atoms with Crippen LogP contribution in [0.4, 0.5) is 0 Å². The number of aliphatic hydroxyl groups is 1. The van der Waals surface area contributed by atoms with E-state index in [9.17, 15) is 9.90 Å². The first-order chi connectivity index (χ1) is 7.91. The van der Waals surface area contributed by atoms with Crippen LogP contribution in [-0.4, -0.2) is 33.3 Å². The zero-order valence-corrected chi connectivity index (χ0v) is 11.9. The molecule has 0 bridgehead atoms. The molecule has 0 amide bonds. The minimum absolute atomic E-state index is 0.166. The lowest BCUT2D eigenvalue weighted by Gasteiger charge is -2.15. The van der Waals surface area contributed by atoms with Crippen LogP contribution in [0, 0.1) is 6.92 Å². The fourth-order valence-electron chi connectivity index (χ4n) is 1.34. The highest BCUT2D eigenvalue weighted by molar-refractivity contribution is 9.10. The molecule has 0 spiro atoms. The Morgan fingerprint density at radius 3 is 2.82 bits per heavy atom. The molecule has 1 atom stereocenters. The highest BCUT2D eigenvalue weighted by Gasteiger charge is 2.10. The summed E-state index contributed by atoms with van der Waals surface area (Å²) in [7, 11) is 0. The Balaban J connectivity index is 2.69. The summed E-state index contributed by atoms with van der Waals surface area (Å²) in [5.74, 6) is 0.